The number of nitrogens with zero attached hydrogens (tertiary/aromatic N) is 2. The summed E-state index contributed by atoms with van der Waals surface area (Å²) in [5.74, 6) is 0.643. The molecule has 0 spiro atoms. The Labute approximate surface area is 147 Å². The number of non-ortho nitro benzene ring substituents is 1. The Morgan fingerprint density at radius 3 is 2.64 bits per heavy atom. The van der Waals surface area contributed by atoms with Crippen molar-refractivity contribution in [3.8, 4) is 11.3 Å². The lowest BCUT2D eigenvalue weighted by molar-refractivity contribution is -0.384. The molecule has 0 saturated carbocycles. The second-order valence-electron chi connectivity index (χ2n) is 5.38. The Balaban J connectivity index is 1.89. The fourth-order valence-corrected chi connectivity index (χ4v) is 3.40. The summed E-state index contributed by atoms with van der Waals surface area (Å²) in [6, 6.07) is 7.93. The van der Waals surface area contributed by atoms with E-state index < -0.39 is 4.92 Å². The van der Waals surface area contributed by atoms with Crippen LogP contribution in [0.1, 0.15) is 18.2 Å². The van der Waals surface area contributed by atoms with Crippen molar-refractivity contribution in [2.45, 2.75) is 13.8 Å². The van der Waals surface area contributed by atoms with Crippen LogP contribution in [0.5, 0.6) is 0 Å². The maximum atomic E-state index is 12.1. The third kappa shape index (κ3) is 3.20. The van der Waals surface area contributed by atoms with Gasteiger partial charge >= 0.3 is 0 Å². The van der Waals surface area contributed by atoms with E-state index in [4.69, 9.17) is 4.42 Å². The van der Waals surface area contributed by atoms with Crippen LogP contribution in [-0.4, -0.2) is 27.5 Å². The SMILES string of the molecule is CCN1C(=O)S/C(=C\c2ccc(-c3ccc([N+](=O)[O-])cc3C)o2)C1=O. The molecule has 0 radical (unpaired) electrons. The summed E-state index contributed by atoms with van der Waals surface area (Å²) in [6.45, 7) is 3.83. The van der Waals surface area contributed by atoms with E-state index in [1.165, 1.54) is 23.1 Å². The smallest absolute Gasteiger partial charge is 0.293 e. The molecule has 1 aromatic heterocycles. The van der Waals surface area contributed by atoms with Crippen LogP contribution in [0.15, 0.2) is 39.7 Å². The van der Waals surface area contributed by atoms with E-state index in [-0.39, 0.29) is 16.8 Å². The summed E-state index contributed by atoms with van der Waals surface area (Å²) in [4.78, 5) is 35.7. The fourth-order valence-electron chi connectivity index (χ4n) is 2.51. The summed E-state index contributed by atoms with van der Waals surface area (Å²) in [5, 5.41) is 10.5. The number of thioether (sulfide) groups is 1. The first kappa shape index (κ1) is 17.0. The van der Waals surface area contributed by atoms with E-state index >= 15 is 0 Å². The largest absolute Gasteiger partial charge is 0.457 e. The van der Waals surface area contributed by atoms with Crippen molar-refractivity contribution in [1.29, 1.82) is 0 Å². The molecule has 0 atom stereocenters. The third-order valence-electron chi connectivity index (χ3n) is 3.78. The maximum Gasteiger partial charge on any atom is 0.293 e. The van der Waals surface area contributed by atoms with Crippen LogP contribution in [0.25, 0.3) is 17.4 Å². The number of hydrogen-bond donors (Lipinski definition) is 0. The molecule has 8 heteroatoms. The van der Waals surface area contributed by atoms with Crippen molar-refractivity contribution < 1.29 is 18.9 Å². The number of benzene rings is 1. The zero-order chi connectivity index (χ0) is 18.1. The lowest BCUT2D eigenvalue weighted by Gasteiger charge is -2.06. The monoisotopic (exact) mass is 358 g/mol. The molecule has 7 nitrogen and oxygen atoms in total. The molecule has 0 N–H and O–H groups in total. The summed E-state index contributed by atoms with van der Waals surface area (Å²) < 4.78 is 5.72. The van der Waals surface area contributed by atoms with Gasteiger partial charge in [0.2, 0.25) is 0 Å². The molecule has 0 unspecified atom stereocenters. The third-order valence-corrected chi connectivity index (χ3v) is 4.68. The molecule has 3 rings (SSSR count). The molecule has 2 aromatic rings. The molecular weight excluding hydrogens is 344 g/mol. The van der Waals surface area contributed by atoms with Crippen LogP contribution >= 0.6 is 11.8 Å². The maximum absolute atomic E-state index is 12.1. The molecule has 1 fully saturated rings. The number of carbonyl (C=O) groups excluding carboxylic acids is 2. The highest BCUT2D eigenvalue weighted by Gasteiger charge is 2.33. The van der Waals surface area contributed by atoms with Crippen LogP contribution in [0.3, 0.4) is 0 Å². The van der Waals surface area contributed by atoms with Crippen LogP contribution in [-0.2, 0) is 4.79 Å². The number of nitro benzene ring substituents is 1. The number of rotatable bonds is 4. The van der Waals surface area contributed by atoms with Gasteiger partial charge in [0.25, 0.3) is 16.8 Å². The van der Waals surface area contributed by atoms with E-state index in [0.29, 0.717) is 28.5 Å². The first-order valence-electron chi connectivity index (χ1n) is 7.51. The molecule has 1 aliphatic rings. The summed E-state index contributed by atoms with van der Waals surface area (Å²) in [6.07, 6.45) is 1.53. The lowest BCUT2D eigenvalue weighted by atomic mass is 10.1. The minimum atomic E-state index is -0.450. The zero-order valence-electron chi connectivity index (χ0n) is 13.5. The normalized spacial score (nSPS) is 16.1. The van der Waals surface area contributed by atoms with Gasteiger partial charge in [-0.15, -0.1) is 0 Å². The average Bonchev–Trinajstić information content (AvgIpc) is 3.12. The van der Waals surface area contributed by atoms with Crippen molar-refractivity contribution in [3.63, 3.8) is 0 Å². The van der Waals surface area contributed by atoms with Gasteiger partial charge in [-0.2, -0.15) is 0 Å². The number of amides is 2. The number of likely N-dealkylation sites (N-methyl/N-ethyl adjacent to an activating group) is 1. The topological polar surface area (TPSA) is 93.7 Å². The van der Waals surface area contributed by atoms with Crippen LogP contribution in [0.4, 0.5) is 10.5 Å². The van der Waals surface area contributed by atoms with Crippen molar-refractivity contribution >= 4 is 34.7 Å². The minimum Gasteiger partial charge on any atom is -0.457 e. The summed E-state index contributed by atoms with van der Waals surface area (Å²) in [5.41, 5.74) is 1.45. The highest BCUT2D eigenvalue weighted by molar-refractivity contribution is 8.18. The van der Waals surface area contributed by atoms with E-state index in [9.17, 15) is 19.7 Å². The van der Waals surface area contributed by atoms with E-state index in [1.807, 2.05) is 0 Å². The van der Waals surface area contributed by atoms with Gasteiger partial charge in [-0.3, -0.25) is 24.6 Å². The number of hydrogen-bond acceptors (Lipinski definition) is 6. The Hall–Kier alpha value is -2.87. The van der Waals surface area contributed by atoms with Crippen molar-refractivity contribution in [2.75, 3.05) is 6.54 Å². The second kappa shape index (κ2) is 6.56. The number of carbonyl (C=O) groups is 2. The van der Waals surface area contributed by atoms with Gasteiger partial charge in [0.15, 0.2) is 0 Å². The van der Waals surface area contributed by atoms with Crippen LogP contribution in [0.2, 0.25) is 0 Å². The van der Waals surface area contributed by atoms with E-state index in [1.54, 1.807) is 32.0 Å². The van der Waals surface area contributed by atoms with Gasteiger partial charge in [0, 0.05) is 30.3 Å². The Morgan fingerprint density at radius 2 is 2.04 bits per heavy atom. The molecule has 1 saturated heterocycles. The molecule has 128 valence electrons. The Kier molecular flexibility index (Phi) is 4.45. The molecule has 25 heavy (non-hydrogen) atoms. The quantitative estimate of drug-likeness (QED) is 0.461. The molecule has 2 amide bonds. The van der Waals surface area contributed by atoms with Gasteiger partial charge < -0.3 is 4.42 Å². The summed E-state index contributed by atoms with van der Waals surface area (Å²) >= 11 is 0.878. The predicted octanol–water partition coefficient (Wildman–Crippen LogP) is 4.22. The second-order valence-corrected chi connectivity index (χ2v) is 6.38. The fraction of sp³-hybridized carbons (Fsp3) is 0.176. The van der Waals surface area contributed by atoms with E-state index in [0.717, 1.165) is 17.3 Å². The van der Waals surface area contributed by atoms with E-state index in [2.05, 4.69) is 0 Å². The van der Waals surface area contributed by atoms with Gasteiger partial charge in [-0.05, 0) is 49.4 Å². The Morgan fingerprint density at radius 1 is 1.28 bits per heavy atom. The Bertz CT molecular complexity index is 916. The number of nitro groups is 1. The van der Waals surface area contributed by atoms with Crippen molar-refractivity contribution in [3.05, 3.63) is 56.7 Å². The molecule has 1 aromatic carbocycles. The van der Waals surface area contributed by atoms with Gasteiger partial charge in [-0.25, -0.2) is 0 Å². The highest BCUT2D eigenvalue weighted by atomic mass is 32.2. The zero-order valence-corrected chi connectivity index (χ0v) is 14.3. The van der Waals surface area contributed by atoms with Gasteiger partial charge in [0.1, 0.15) is 11.5 Å². The lowest BCUT2D eigenvalue weighted by Crippen LogP contribution is -2.27. The summed E-state index contributed by atoms with van der Waals surface area (Å²) in [7, 11) is 0. The number of furan rings is 1. The van der Waals surface area contributed by atoms with Crippen molar-refractivity contribution in [2.24, 2.45) is 0 Å². The van der Waals surface area contributed by atoms with Gasteiger partial charge in [-0.1, -0.05) is 0 Å². The number of aryl methyl sites for hydroxylation is 1. The number of imide groups is 1. The van der Waals surface area contributed by atoms with Crippen molar-refractivity contribution in [1.82, 2.24) is 4.90 Å². The molecule has 2 heterocycles. The van der Waals surface area contributed by atoms with Crippen LogP contribution in [0, 0.1) is 17.0 Å². The average molecular weight is 358 g/mol. The first-order valence-corrected chi connectivity index (χ1v) is 8.33. The highest BCUT2D eigenvalue weighted by Crippen LogP contribution is 2.34. The first-order chi connectivity index (χ1) is 11.9. The molecule has 0 aliphatic carbocycles. The minimum absolute atomic E-state index is 0.0151. The standard InChI is InChI=1S/C17H14N2O5S/c1-3-18-16(20)15(25-17(18)21)9-12-5-7-14(24-12)13-6-4-11(19(22)23)8-10(13)2/h4-9H,3H2,1-2H3/b15-9-. The van der Waals surface area contributed by atoms with Gasteiger partial charge in [0.05, 0.1) is 9.83 Å². The molecule has 1 aliphatic heterocycles. The van der Waals surface area contributed by atoms with Crippen LogP contribution < -0.4 is 0 Å². The molecular formula is C17H14N2O5S. The molecule has 0 bridgehead atoms. The predicted molar refractivity (Wildman–Crippen MR) is 93.9 cm³/mol.